The fourth-order valence-electron chi connectivity index (χ4n) is 2.76. The van der Waals surface area contributed by atoms with Crippen LogP contribution in [0.1, 0.15) is 43.4 Å². The number of ether oxygens (including phenoxy) is 1. The van der Waals surface area contributed by atoms with Gasteiger partial charge in [0.1, 0.15) is 12.3 Å². The van der Waals surface area contributed by atoms with Crippen LogP contribution >= 0.6 is 0 Å². The van der Waals surface area contributed by atoms with Gasteiger partial charge in [-0.3, -0.25) is 4.98 Å². The van der Waals surface area contributed by atoms with E-state index in [2.05, 4.69) is 20.6 Å². The number of aromatic nitrogens is 4. The van der Waals surface area contributed by atoms with Crippen molar-refractivity contribution in [1.82, 2.24) is 25.3 Å². The number of carbonyl (C=O) groups excluding carboxylic acids is 1. The van der Waals surface area contributed by atoms with Gasteiger partial charge < -0.3 is 10.1 Å². The first kappa shape index (κ1) is 15.5. The highest BCUT2D eigenvalue weighted by Gasteiger charge is 2.16. The molecule has 1 aliphatic carbocycles. The molecule has 1 saturated carbocycles. The molecular weight excluding hydrogens is 294 g/mol. The van der Waals surface area contributed by atoms with Crippen molar-refractivity contribution in [2.24, 2.45) is 0 Å². The van der Waals surface area contributed by atoms with Gasteiger partial charge in [0, 0.05) is 18.4 Å². The molecule has 7 nitrogen and oxygen atoms in total. The minimum Gasteiger partial charge on any atom is -0.443 e. The monoisotopic (exact) mass is 315 g/mol. The highest BCUT2D eigenvalue weighted by molar-refractivity contribution is 5.67. The second kappa shape index (κ2) is 7.71. The van der Waals surface area contributed by atoms with E-state index in [1.807, 2.05) is 12.1 Å². The molecule has 0 saturated heterocycles. The van der Waals surface area contributed by atoms with Crippen LogP contribution in [0.5, 0.6) is 0 Å². The average molecular weight is 315 g/mol. The first-order valence-electron chi connectivity index (χ1n) is 8.01. The maximum Gasteiger partial charge on any atom is 0.407 e. The summed E-state index contributed by atoms with van der Waals surface area (Å²) >= 11 is 0. The fourth-order valence-corrected chi connectivity index (χ4v) is 2.76. The zero-order valence-corrected chi connectivity index (χ0v) is 13.0. The Bertz CT molecular complexity index is 622. The van der Waals surface area contributed by atoms with Crippen LogP contribution < -0.4 is 5.32 Å². The summed E-state index contributed by atoms with van der Waals surface area (Å²) in [7, 11) is 0. The van der Waals surface area contributed by atoms with E-state index >= 15 is 0 Å². The first-order chi connectivity index (χ1) is 11.3. The van der Waals surface area contributed by atoms with Crippen LogP contribution in [0.15, 0.2) is 30.7 Å². The lowest BCUT2D eigenvalue weighted by molar-refractivity contribution is 0.131. The SMILES string of the molecule is O=C(NC1CCCCC1)OCc1cn(Cc2cccnc2)nn1. The van der Waals surface area contributed by atoms with Gasteiger partial charge in [-0.15, -0.1) is 5.10 Å². The molecule has 1 fully saturated rings. The Morgan fingerprint density at radius 3 is 3.00 bits per heavy atom. The Morgan fingerprint density at radius 1 is 1.35 bits per heavy atom. The molecule has 0 unspecified atom stereocenters. The quantitative estimate of drug-likeness (QED) is 0.915. The van der Waals surface area contributed by atoms with Crippen LogP contribution in [0.4, 0.5) is 4.79 Å². The van der Waals surface area contributed by atoms with Crippen LogP contribution in [-0.4, -0.2) is 32.1 Å². The van der Waals surface area contributed by atoms with Gasteiger partial charge >= 0.3 is 6.09 Å². The molecule has 1 amide bonds. The summed E-state index contributed by atoms with van der Waals surface area (Å²) in [6.07, 6.45) is 10.6. The van der Waals surface area contributed by atoms with Crippen molar-refractivity contribution in [2.75, 3.05) is 0 Å². The van der Waals surface area contributed by atoms with Crippen molar-refractivity contribution < 1.29 is 9.53 Å². The van der Waals surface area contributed by atoms with E-state index in [-0.39, 0.29) is 18.7 Å². The van der Waals surface area contributed by atoms with Gasteiger partial charge in [-0.1, -0.05) is 30.5 Å². The summed E-state index contributed by atoms with van der Waals surface area (Å²) in [4.78, 5) is 15.8. The van der Waals surface area contributed by atoms with Crippen molar-refractivity contribution in [2.45, 2.75) is 51.3 Å². The zero-order chi connectivity index (χ0) is 15.9. The molecule has 7 heteroatoms. The van der Waals surface area contributed by atoms with Crippen LogP contribution in [0.3, 0.4) is 0 Å². The van der Waals surface area contributed by atoms with E-state index < -0.39 is 0 Å². The highest BCUT2D eigenvalue weighted by Crippen LogP contribution is 2.17. The third kappa shape index (κ3) is 4.77. The molecule has 0 atom stereocenters. The summed E-state index contributed by atoms with van der Waals surface area (Å²) in [5, 5.41) is 11.0. The number of pyridine rings is 1. The number of hydrogen-bond donors (Lipinski definition) is 1. The topological polar surface area (TPSA) is 81.9 Å². The Labute approximate surface area is 135 Å². The lowest BCUT2D eigenvalue weighted by Gasteiger charge is -2.22. The fraction of sp³-hybridized carbons (Fsp3) is 0.500. The standard InChI is InChI=1S/C16H21N5O2/c22-16(18-14-6-2-1-3-7-14)23-12-15-11-21(20-19-15)10-13-5-4-8-17-9-13/h4-5,8-9,11,14H,1-3,6-7,10,12H2,(H,18,22). The second-order valence-electron chi connectivity index (χ2n) is 5.82. The van der Waals surface area contributed by atoms with Crippen LogP contribution in [-0.2, 0) is 17.9 Å². The number of hydrogen-bond acceptors (Lipinski definition) is 5. The molecule has 122 valence electrons. The molecule has 0 radical (unpaired) electrons. The average Bonchev–Trinajstić information content (AvgIpc) is 3.02. The number of alkyl carbamates (subject to hydrolysis) is 1. The van der Waals surface area contributed by atoms with Crippen molar-refractivity contribution in [3.8, 4) is 0 Å². The summed E-state index contributed by atoms with van der Waals surface area (Å²) in [5.41, 5.74) is 1.67. The Morgan fingerprint density at radius 2 is 2.22 bits per heavy atom. The third-order valence-corrected chi connectivity index (χ3v) is 3.93. The van der Waals surface area contributed by atoms with Gasteiger partial charge in [0.25, 0.3) is 0 Å². The summed E-state index contributed by atoms with van der Waals surface area (Å²) < 4.78 is 6.92. The molecule has 0 bridgehead atoms. The van der Waals surface area contributed by atoms with Crippen molar-refractivity contribution in [3.63, 3.8) is 0 Å². The van der Waals surface area contributed by atoms with Gasteiger partial charge in [-0.2, -0.15) is 0 Å². The number of carbonyl (C=O) groups is 1. The Balaban J connectivity index is 1.44. The molecule has 2 aromatic heterocycles. The minimum absolute atomic E-state index is 0.131. The second-order valence-corrected chi connectivity index (χ2v) is 5.82. The Hall–Kier alpha value is -2.44. The van der Waals surface area contributed by atoms with Crippen molar-refractivity contribution >= 4 is 6.09 Å². The van der Waals surface area contributed by atoms with Crippen LogP contribution in [0.25, 0.3) is 0 Å². The predicted molar refractivity (Wildman–Crippen MR) is 83.6 cm³/mol. The first-order valence-corrected chi connectivity index (χ1v) is 8.01. The van der Waals surface area contributed by atoms with Crippen LogP contribution in [0, 0.1) is 0 Å². The molecule has 23 heavy (non-hydrogen) atoms. The maximum atomic E-state index is 11.8. The van der Waals surface area contributed by atoms with E-state index in [1.54, 1.807) is 23.3 Å². The van der Waals surface area contributed by atoms with Gasteiger partial charge in [0.05, 0.1) is 12.7 Å². The van der Waals surface area contributed by atoms with Gasteiger partial charge in [0.15, 0.2) is 0 Å². The molecule has 0 aromatic carbocycles. The van der Waals surface area contributed by atoms with Crippen molar-refractivity contribution in [3.05, 3.63) is 42.0 Å². The van der Waals surface area contributed by atoms with Gasteiger partial charge in [-0.25, -0.2) is 9.48 Å². The maximum absolute atomic E-state index is 11.8. The molecule has 1 aliphatic rings. The summed E-state index contributed by atoms with van der Waals surface area (Å²) in [6, 6.07) is 4.10. The number of nitrogens with zero attached hydrogens (tertiary/aromatic N) is 4. The van der Waals surface area contributed by atoms with E-state index in [0.29, 0.717) is 12.2 Å². The number of rotatable bonds is 5. The molecule has 0 spiro atoms. The lowest BCUT2D eigenvalue weighted by Crippen LogP contribution is -2.36. The smallest absolute Gasteiger partial charge is 0.407 e. The normalized spacial score (nSPS) is 15.3. The van der Waals surface area contributed by atoms with E-state index in [0.717, 1.165) is 18.4 Å². The van der Waals surface area contributed by atoms with Crippen molar-refractivity contribution in [1.29, 1.82) is 0 Å². The number of nitrogens with one attached hydrogen (secondary N) is 1. The van der Waals surface area contributed by atoms with Gasteiger partial charge in [-0.05, 0) is 24.5 Å². The van der Waals surface area contributed by atoms with E-state index in [1.165, 1.54) is 19.3 Å². The zero-order valence-electron chi connectivity index (χ0n) is 13.0. The summed E-state index contributed by atoms with van der Waals surface area (Å²) in [6.45, 7) is 0.723. The third-order valence-electron chi connectivity index (χ3n) is 3.93. The van der Waals surface area contributed by atoms with E-state index in [4.69, 9.17) is 4.74 Å². The molecule has 2 heterocycles. The molecule has 3 rings (SSSR count). The minimum atomic E-state index is -0.376. The van der Waals surface area contributed by atoms with Gasteiger partial charge in [0.2, 0.25) is 0 Å². The predicted octanol–water partition coefficient (Wildman–Crippen LogP) is 2.28. The highest BCUT2D eigenvalue weighted by atomic mass is 16.5. The number of amides is 1. The molecule has 0 aliphatic heterocycles. The lowest BCUT2D eigenvalue weighted by atomic mass is 9.96. The summed E-state index contributed by atoms with van der Waals surface area (Å²) in [5.74, 6) is 0. The molecule has 1 N–H and O–H groups in total. The van der Waals surface area contributed by atoms with E-state index in [9.17, 15) is 4.79 Å². The Kier molecular flexibility index (Phi) is 5.18. The molecular formula is C16H21N5O2. The largest absolute Gasteiger partial charge is 0.443 e. The van der Waals surface area contributed by atoms with Crippen LogP contribution in [0.2, 0.25) is 0 Å². The molecule has 2 aromatic rings.